The number of rotatable bonds is 6. The number of allylic oxidation sites excluding steroid dienone is 1. The summed E-state index contributed by atoms with van der Waals surface area (Å²) in [5, 5.41) is 3.16. The molecule has 0 atom stereocenters. The van der Waals surface area contributed by atoms with E-state index < -0.39 is 0 Å². The van der Waals surface area contributed by atoms with E-state index in [1.54, 1.807) is 6.08 Å². The second kappa shape index (κ2) is 11.9. The van der Waals surface area contributed by atoms with E-state index in [1.165, 1.54) is 0 Å². The van der Waals surface area contributed by atoms with E-state index >= 15 is 0 Å². The summed E-state index contributed by atoms with van der Waals surface area (Å²) in [5.41, 5.74) is 12.2. The van der Waals surface area contributed by atoms with Crippen LogP contribution < -0.4 is 0 Å². The first-order valence-electron chi connectivity index (χ1n) is 15.7. The third-order valence-corrected chi connectivity index (χ3v) is 8.58. The normalized spacial score (nSPS) is 11.7. The molecule has 0 unspecified atom stereocenters. The predicted octanol–water partition coefficient (Wildman–Crippen LogP) is 10.9. The molecule has 0 bridgehead atoms. The molecule has 0 aliphatic heterocycles. The number of nitrogens with zero attached hydrogens (tertiary/aromatic N) is 4. The van der Waals surface area contributed by atoms with Crippen LogP contribution in [0.4, 0.5) is 5.69 Å². The Balaban J connectivity index is 1.22. The largest absolute Gasteiger partial charge is 0.246 e. The first kappa shape index (κ1) is 28.2. The number of aromatic nitrogens is 3. The van der Waals surface area contributed by atoms with Crippen molar-refractivity contribution in [2.45, 2.75) is 6.92 Å². The van der Waals surface area contributed by atoms with Crippen molar-refractivity contribution in [2.75, 3.05) is 0 Å². The third-order valence-electron chi connectivity index (χ3n) is 8.58. The van der Waals surface area contributed by atoms with Gasteiger partial charge in [-0.2, -0.15) is 0 Å². The van der Waals surface area contributed by atoms with E-state index in [1.807, 2.05) is 48.5 Å². The van der Waals surface area contributed by atoms with E-state index in [0.29, 0.717) is 0 Å². The van der Waals surface area contributed by atoms with Crippen molar-refractivity contribution in [3.8, 4) is 33.8 Å². The summed E-state index contributed by atoms with van der Waals surface area (Å²) >= 11 is 0. The minimum absolute atomic E-state index is 0.815. The Kier molecular flexibility index (Phi) is 7.16. The Labute approximate surface area is 273 Å². The molecule has 0 saturated carbocycles. The van der Waals surface area contributed by atoms with Crippen LogP contribution in [0.25, 0.3) is 66.5 Å². The monoisotopic (exact) mass is 602 g/mol. The summed E-state index contributed by atoms with van der Waals surface area (Å²) in [7, 11) is 0. The lowest BCUT2D eigenvalue weighted by atomic mass is 10.0. The standard InChI is InChI=1S/C43H30N4/c1-3-36(29-11-6-4-7-12-29)44-40-28(2)17-18-31-22-25-38(46-41(31)40)34-15-10-16-35(27-34)39-26-23-33-20-19-32-21-24-37(30-13-8-5-9-14-30)45-42(32)43(33)47-39/h3-27H,1H2,2H3. The number of hydrogen-bond acceptors (Lipinski definition) is 4. The molecule has 47 heavy (non-hydrogen) atoms. The molecule has 0 aliphatic carbocycles. The van der Waals surface area contributed by atoms with Gasteiger partial charge in [0.2, 0.25) is 0 Å². The summed E-state index contributed by atoms with van der Waals surface area (Å²) < 4.78 is 0. The molecular formula is C43H30N4. The molecule has 3 aromatic heterocycles. The molecule has 0 fully saturated rings. The first-order chi connectivity index (χ1) is 23.1. The number of aliphatic imine (C=N–C) groups is 1. The highest BCUT2D eigenvalue weighted by Crippen LogP contribution is 2.34. The molecule has 0 N–H and O–H groups in total. The van der Waals surface area contributed by atoms with E-state index in [2.05, 4.69) is 111 Å². The van der Waals surface area contributed by atoms with Gasteiger partial charge in [0.05, 0.1) is 45.0 Å². The van der Waals surface area contributed by atoms with Crippen LogP contribution in [0.5, 0.6) is 0 Å². The molecule has 8 aromatic rings. The van der Waals surface area contributed by atoms with Gasteiger partial charge in [-0.1, -0.05) is 128 Å². The molecule has 4 nitrogen and oxygen atoms in total. The second-order valence-electron chi connectivity index (χ2n) is 11.6. The summed E-state index contributed by atoms with van der Waals surface area (Å²) in [5.74, 6) is 0. The molecule has 0 saturated heterocycles. The Morgan fingerprint density at radius 3 is 1.57 bits per heavy atom. The zero-order chi connectivity index (χ0) is 31.7. The molecule has 0 aliphatic rings. The molecule has 8 rings (SSSR count). The lowest BCUT2D eigenvalue weighted by Gasteiger charge is -2.11. The quantitative estimate of drug-likeness (QED) is 0.141. The molecule has 0 amide bonds. The van der Waals surface area contributed by atoms with Crippen molar-refractivity contribution in [3.63, 3.8) is 0 Å². The maximum atomic E-state index is 5.18. The number of fused-ring (bicyclic) bond motifs is 4. The number of aryl methyl sites for hydroxylation is 1. The zero-order valence-corrected chi connectivity index (χ0v) is 25.9. The molecule has 0 spiro atoms. The highest BCUT2D eigenvalue weighted by Gasteiger charge is 2.12. The van der Waals surface area contributed by atoms with E-state index in [9.17, 15) is 0 Å². The number of hydrogen-bond donors (Lipinski definition) is 0. The SMILES string of the molecule is C=CC(=Nc1c(C)ccc2ccc(-c3cccc(-c4ccc5ccc6ccc(-c7ccccc7)nc6c5n4)c3)nc12)c1ccccc1. The molecule has 0 radical (unpaired) electrons. The van der Waals surface area contributed by atoms with Gasteiger partial charge in [0.15, 0.2) is 0 Å². The minimum atomic E-state index is 0.815. The molecule has 3 heterocycles. The van der Waals surface area contributed by atoms with Gasteiger partial charge in [0, 0.05) is 38.4 Å². The average Bonchev–Trinajstić information content (AvgIpc) is 3.14. The van der Waals surface area contributed by atoms with Gasteiger partial charge in [-0.15, -0.1) is 0 Å². The Morgan fingerprint density at radius 1 is 0.511 bits per heavy atom. The highest BCUT2D eigenvalue weighted by atomic mass is 14.8. The second-order valence-corrected chi connectivity index (χ2v) is 11.6. The molecule has 222 valence electrons. The van der Waals surface area contributed by atoms with Gasteiger partial charge in [0.25, 0.3) is 0 Å². The maximum Gasteiger partial charge on any atom is 0.0972 e. The van der Waals surface area contributed by atoms with Crippen molar-refractivity contribution in [2.24, 2.45) is 4.99 Å². The van der Waals surface area contributed by atoms with Crippen molar-refractivity contribution >= 4 is 44.1 Å². The summed E-state index contributed by atoms with van der Waals surface area (Å²) in [6.07, 6.45) is 1.80. The van der Waals surface area contributed by atoms with Gasteiger partial charge in [-0.05, 0) is 42.8 Å². The fraction of sp³-hybridized carbons (Fsp3) is 0.0233. The van der Waals surface area contributed by atoms with E-state index in [4.69, 9.17) is 19.9 Å². The van der Waals surface area contributed by atoms with Crippen LogP contribution in [-0.2, 0) is 0 Å². The number of pyridine rings is 3. The van der Waals surface area contributed by atoms with Crippen LogP contribution in [0, 0.1) is 6.92 Å². The van der Waals surface area contributed by atoms with Gasteiger partial charge < -0.3 is 0 Å². The molecule has 5 aromatic carbocycles. The molecule has 4 heteroatoms. The fourth-order valence-electron chi connectivity index (χ4n) is 6.07. The lowest BCUT2D eigenvalue weighted by molar-refractivity contribution is 1.34. The zero-order valence-electron chi connectivity index (χ0n) is 25.9. The van der Waals surface area contributed by atoms with Gasteiger partial charge in [-0.25, -0.2) is 19.9 Å². The first-order valence-corrected chi connectivity index (χ1v) is 15.7. The van der Waals surface area contributed by atoms with Crippen LogP contribution >= 0.6 is 0 Å². The van der Waals surface area contributed by atoms with Crippen molar-refractivity contribution in [1.82, 2.24) is 15.0 Å². The van der Waals surface area contributed by atoms with Crippen LogP contribution in [-0.4, -0.2) is 20.7 Å². The summed E-state index contributed by atoms with van der Waals surface area (Å²) in [6.45, 7) is 6.11. The Hall–Kier alpha value is -6.26. The van der Waals surface area contributed by atoms with Crippen LogP contribution in [0.2, 0.25) is 0 Å². The van der Waals surface area contributed by atoms with Crippen molar-refractivity contribution in [1.29, 1.82) is 0 Å². The lowest BCUT2D eigenvalue weighted by Crippen LogP contribution is -1.96. The average molecular weight is 603 g/mol. The summed E-state index contributed by atoms with van der Waals surface area (Å²) in [4.78, 5) is 20.5. The van der Waals surface area contributed by atoms with Gasteiger partial charge in [-0.3, -0.25) is 0 Å². The number of benzene rings is 5. The topological polar surface area (TPSA) is 51.0 Å². The van der Waals surface area contributed by atoms with Crippen LogP contribution in [0.1, 0.15) is 11.1 Å². The maximum absolute atomic E-state index is 5.18. The van der Waals surface area contributed by atoms with Crippen LogP contribution in [0.3, 0.4) is 0 Å². The van der Waals surface area contributed by atoms with E-state index in [0.717, 1.165) is 89.0 Å². The summed E-state index contributed by atoms with van der Waals surface area (Å²) in [6, 6.07) is 49.9. The van der Waals surface area contributed by atoms with Crippen LogP contribution in [0.15, 0.2) is 163 Å². The smallest absolute Gasteiger partial charge is 0.0972 e. The minimum Gasteiger partial charge on any atom is -0.246 e. The predicted molar refractivity (Wildman–Crippen MR) is 196 cm³/mol. The highest BCUT2D eigenvalue weighted by molar-refractivity contribution is 6.11. The fourth-order valence-corrected chi connectivity index (χ4v) is 6.07. The van der Waals surface area contributed by atoms with Gasteiger partial charge >= 0.3 is 0 Å². The van der Waals surface area contributed by atoms with E-state index in [-0.39, 0.29) is 0 Å². The third kappa shape index (κ3) is 5.36. The van der Waals surface area contributed by atoms with Crippen molar-refractivity contribution < 1.29 is 0 Å². The Bertz CT molecular complexity index is 2480. The Morgan fingerprint density at radius 2 is 0.979 bits per heavy atom. The van der Waals surface area contributed by atoms with Gasteiger partial charge in [0.1, 0.15) is 0 Å². The molecular weight excluding hydrogens is 573 g/mol. The van der Waals surface area contributed by atoms with Crippen molar-refractivity contribution in [3.05, 3.63) is 169 Å².